The van der Waals surface area contributed by atoms with Gasteiger partial charge in [0.15, 0.2) is 12.2 Å². The van der Waals surface area contributed by atoms with Gasteiger partial charge in [0.1, 0.15) is 5.69 Å². The van der Waals surface area contributed by atoms with E-state index < -0.39 is 0 Å². The van der Waals surface area contributed by atoms with E-state index in [4.69, 9.17) is 10.2 Å². The van der Waals surface area contributed by atoms with E-state index in [1.54, 1.807) is 12.4 Å². The second-order valence-electron chi connectivity index (χ2n) is 2.62. The molecule has 2 rings (SSSR count). The zero-order chi connectivity index (χ0) is 9.10. The van der Waals surface area contributed by atoms with Crippen LogP contribution in [0.15, 0.2) is 35.3 Å². The molecule has 0 amide bonds. The molecule has 4 nitrogen and oxygen atoms in total. The zero-order valence-corrected chi connectivity index (χ0v) is 6.97. The van der Waals surface area contributed by atoms with E-state index in [0.29, 0.717) is 12.3 Å². The van der Waals surface area contributed by atoms with Crippen molar-refractivity contribution in [2.45, 2.75) is 6.54 Å². The highest BCUT2D eigenvalue weighted by molar-refractivity contribution is 5.51. The topological polar surface area (TPSA) is 64.9 Å². The average molecular weight is 175 g/mol. The third-order valence-electron chi connectivity index (χ3n) is 1.74. The molecule has 0 bridgehead atoms. The highest BCUT2D eigenvalue weighted by Gasteiger charge is 2.02. The first-order chi connectivity index (χ1) is 6.40. The number of hydrogen-bond acceptors (Lipinski definition) is 4. The summed E-state index contributed by atoms with van der Waals surface area (Å²) in [6.45, 7) is 0.504. The SMILES string of the molecule is NCc1ccnc(-c2cnco2)c1. The molecular weight excluding hydrogens is 166 g/mol. The van der Waals surface area contributed by atoms with Crippen LogP contribution in [0.1, 0.15) is 5.56 Å². The van der Waals surface area contributed by atoms with Crippen molar-refractivity contribution in [3.05, 3.63) is 36.5 Å². The summed E-state index contributed by atoms with van der Waals surface area (Å²) in [4.78, 5) is 7.96. The molecular formula is C9H9N3O. The van der Waals surface area contributed by atoms with E-state index in [1.807, 2.05) is 12.1 Å². The molecule has 2 aromatic heterocycles. The van der Waals surface area contributed by atoms with Crippen LogP contribution >= 0.6 is 0 Å². The average Bonchev–Trinajstić information content (AvgIpc) is 2.71. The van der Waals surface area contributed by atoms with Gasteiger partial charge in [-0.3, -0.25) is 4.98 Å². The molecule has 0 aliphatic carbocycles. The van der Waals surface area contributed by atoms with Crippen LogP contribution in [0.25, 0.3) is 11.5 Å². The molecule has 0 atom stereocenters. The molecule has 0 aliphatic heterocycles. The van der Waals surface area contributed by atoms with E-state index in [0.717, 1.165) is 11.3 Å². The predicted octanol–water partition coefficient (Wildman–Crippen LogP) is 1.20. The Balaban J connectivity index is 2.41. The summed E-state index contributed by atoms with van der Waals surface area (Å²) in [5.74, 6) is 0.662. The Morgan fingerprint density at radius 2 is 2.38 bits per heavy atom. The normalized spacial score (nSPS) is 10.2. The minimum absolute atomic E-state index is 0.504. The van der Waals surface area contributed by atoms with Gasteiger partial charge in [0.05, 0.1) is 6.20 Å². The van der Waals surface area contributed by atoms with Crippen LogP contribution in [0.3, 0.4) is 0 Å². The van der Waals surface area contributed by atoms with Crippen molar-refractivity contribution in [1.29, 1.82) is 0 Å². The summed E-state index contributed by atoms with van der Waals surface area (Å²) in [5.41, 5.74) is 7.29. The maximum Gasteiger partial charge on any atom is 0.181 e. The minimum Gasteiger partial charge on any atom is -0.442 e. The van der Waals surface area contributed by atoms with Crippen LogP contribution in [0.2, 0.25) is 0 Å². The van der Waals surface area contributed by atoms with Gasteiger partial charge >= 0.3 is 0 Å². The molecule has 2 aromatic rings. The predicted molar refractivity (Wildman–Crippen MR) is 47.6 cm³/mol. The van der Waals surface area contributed by atoms with Gasteiger partial charge in [-0.2, -0.15) is 0 Å². The van der Waals surface area contributed by atoms with Gasteiger partial charge in [-0.1, -0.05) is 0 Å². The van der Waals surface area contributed by atoms with Crippen molar-refractivity contribution in [1.82, 2.24) is 9.97 Å². The van der Waals surface area contributed by atoms with E-state index >= 15 is 0 Å². The Labute approximate surface area is 75.4 Å². The molecule has 13 heavy (non-hydrogen) atoms. The Bertz CT molecular complexity index is 384. The second-order valence-corrected chi connectivity index (χ2v) is 2.62. The first-order valence-electron chi connectivity index (χ1n) is 3.94. The van der Waals surface area contributed by atoms with E-state index in [1.165, 1.54) is 6.39 Å². The van der Waals surface area contributed by atoms with Crippen molar-refractivity contribution in [2.75, 3.05) is 0 Å². The summed E-state index contributed by atoms with van der Waals surface area (Å²) in [5, 5.41) is 0. The van der Waals surface area contributed by atoms with Crippen molar-refractivity contribution in [3.8, 4) is 11.5 Å². The lowest BCUT2D eigenvalue weighted by Crippen LogP contribution is -1.96. The summed E-state index contributed by atoms with van der Waals surface area (Å²) < 4.78 is 5.10. The maximum absolute atomic E-state index is 5.50. The number of hydrogen-bond donors (Lipinski definition) is 1. The van der Waals surface area contributed by atoms with Crippen LogP contribution in [0.5, 0.6) is 0 Å². The van der Waals surface area contributed by atoms with E-state index in [2.05, 4.69) is 9.97 Å². The molecule has 0 aromatic carbocycles. The Hall–Kier alpha value is -1.68. The third kappa shape index (κ3) is 1.57. The van der Waals surface area contributed by atoms with Crippen LogP contribution in [-0.2, 0) is 6.54 Å². The number of nitrogens with two attached hydrogens (primary N) is 1. The summed E-state index contributed by atoms with van der Waals surface area (Å²) in [7, 11) is 0. The molecule has 0 saturated heterocycles. The maximum atomic E-state index is 5.50. The van der Waals surface area contributed by atoms with Crippen LogP contribution < -0.4 is 5.73 Å². The Morgan fingerprint density at radius 1 is 1.46 bits per heavy atom. The first-order valence-corrected chi connectivity index (χ1v) is 3.94. The molecule has 0 radical (unpaired) electrons. The fraction of sp³-hybridized carbons (Fsp3) is 0.111. The molecule has 66 valence electrons. The Kier molecular flexibility index (Phi) is 2.06. The molecule has 0 saturated carbocycles. The lowest BCUT2D eigenvalue weighted by atomic mass is 10.2. The molecule has 2 heterocycles. The highest BCUT2D eigenvalue weighted by Crippen LogP contribution is 2.16. The van der Waals surface area contributed by atoms with Gasteiger partial charge in [0.25, 0.3) is 0 Å². The number of pyridine rings is 1. The van der Waals surface area contributed by atoms with Crippen LogP contribution in [-0.4, -0.2) is 9.97 Å². The van der Waals surface area contributed by atoms with Crippen molar-refractivity contribution >= 4 is 0 Å². The van der Waals surface area contributed by atoms with Gasteiger partial charge in [-0.15, -0.1) is 0 Å². The van der Waals surface area contributed by atoms with E-state index in [-0.39, 0.29) is 0 Å². The number of oxazole rings is 1. The standard InChI is InChI=1S/C9H9N3O/c10-4-7-1-2-12-8(3-7)9-5-11-6-13-9/h1-3,5-6H,4,10H2. The fourth-order valence-corrected chi connectivity index (χ4v) is 1.08. The largest absolute Gasteiger partial charge is 0.442 e. The van der Waals surface area contributed by atoms with Gasteiger partial charge in [-0.25, -0.2) is 4.98 Å². The molecule has 2 N–H and O–H groups in total. The zero-order valence-electron chi connectivity index (χ0n) is 6.97. The lowest BCUT2D eigenvalue weighted by molar-refractivity contribution is 0.570. The molecule has 0 fully saturated rings. The number of nitrogens with zero attached hydrogens (tertiary/aromatic N) is 2. The molecule has 0 aliphatic rings. The summed E-state index contributed by atoms with van der Waals surface area (Å²) in [6.07, 6.45) is 4.72. The quantitative estimate of drug-likeness (QED) is 0.744. The monoisotopic (exact) mass is 175 g/mol. The minimum atomic E-state index is 0.504. The van der Waals surface area contributed by atoms with E-state index in [9.17, 15) is 0 Å². The van der Waals surface area contributed by atoms with Crippen molar-refractivity contribution in [3.63, 3.8) is 0 Å². The first kappa shape index (κ1) is 7.94. The fourth-order valence-electron chi connectivity index (χ4n) is 1.08. The Morgan fingerprint density at radius 3 is 3.08 bits per heavy atom. The van der Waals surface area contributed by atoms with Gasteiger partial charge in [-0.05, 0) is 17.7 Å². The molecule has 0 unspecified atom stereocenters. The highest BCUT2D eigenvalue weighted by atomic mass is 16.3. The van der Waals surface area contributed by atoms with Gasteiger partial charge in [0.2, 0.25) is 0 Å². The summed E-state index contributed by atoms with van der Waals surface area (Å²) >= 11 is 0. The van der Waals surface area contributed by atoms with Crippen LogP contribution in [0, 0.1) is 0 Å². The molecule has 4 heteroatoms. The van der Waals surface area contributed by atoms with Gasteiger partial charge in [0, 0.05) is 12.7 Å². The van der Waals surface area contributed by atoms with Crippen molar-refractivity contribution in [2.24, 2.45) is 5.73 Å². The third-order valence-corrected chi connectivity index (χ3v) is 1.74. The van der Waals surface area contributed by atoms with Crippen molar-refractivity contribution < 1.29 is 4.42 Å². The number of aromatic nitrogens is 2. The lowest BCUT2D eigenvalue weighted by Gasteiger charge is -1.98. The number of rotatable bonds is 2. The summed E-state index contributed by atoms with van der Waals surface area (Å²) in [6, 6.07) is 3.76. The smallest absolute Gasteiger partial charge is 0.181 e. The molecule has 0 spiro atoms. The second kappa shape index (κ2) is 3.37. The van der Waals surface area contributed by atoms with Crippen LogP contribution in [0.4, 0.5) is 0 Å². The van der Waals surface area contributed by atoms with Gasteiger partial charge < -0.3 is 10.2 Å².